The zero-order valence-corrected chi connectivity index (χ0v) is 18.4. The summed E-state index contributed by atoms with van der Waals surface area (Å²) in [6.07, 6.45) is 1.78. The van der Waals surface area contributed by atoms with Crippen molar-refractivity contribution in [1.29, 1.82) is 0 Å². The number of benzene rings is 2. The summed E-state index contributed by atoms with van der Waals surface area (Å²) in [5, 5.41) is 1.78. The molecule has 0 unspecified atom stereocenters. The molecule has 0 saturated carbocycles. The zero-order valence-electron chi connectivity index (χ0n) is 17.6. The van der Waals surface area contributed by atoms with Crippen LogP contribution in [0.4, 0.5) is 4.39 Å². The minimum atomic E-state index is -0.478. The van der Waals surface area contributed by atoms with Crippen molar-refractivity contribution in [3.05, 3.63) is 76.5 Å². The average molecular weight is 450 g/mol. The van der Waals surface area contributed by atoms with Crippen LogP contribution in [0.15, 0.2) is 59.4 Å². The van der Waals surface area contributed by atoms with Gasteiger partial charge in [0.25, 0.3) is 11.8 Å². The third-order valence-electron chi connectivity index (χ3n) is 6.65. The van der Waals surface area contributed by atoms with Crippen molar-refractivity contribution in [2.75, 3.05) is 26.2 Å². The van der Waals surface area contributed by atoms with Crippen molar-refractivity contribution in [3.8, 4) is 11.1 Å². The molecule has 2 aromatic carbocycles. The third-order valence-corrected chi connectivity index (χ3v) is 7.24. The van der Waals surface area contributed by atoms with Gasteiger partial charge in [-0.3, -0.25) is 9.59 Å². The Bertz CT molecular complexity index is 1110. The molecule has 0 aliphatic carbocycles. The molecule has 2 saturated heterocycles. The Kier molecular flexibility index (Phi) is 5.74. The van der Waals surface area contributed by atoms with Gasteiger partial charge in [0.05, 0.1) is 11.1 Å². The normalized spacial score (nSPS) is 17.3. The molecule has 3 aromatic rings. The van der Waals surface area contributed by atoms with Crippen molar-refractivity contribution in [2.24, 2.45) is 11.8 Å². The van der Waals surface area contributed by atoms with Gasteiger partial charge in [-0.15, -0.1) is 11.3 Å². The molecular formula is C25H24FN3O2S. The Morgan fingerprint density at radius 2 is 1.66 bits per heavy atom. The standard InChI is InChI=1S/C25H24FN3O2S/c26-22-12-19(17-4-2-1-3-5-17)6-7-21(22)24(30)28-10-8-18(9-11-28)20-13-29(14-20)25(31)23-15-32-16-27-23/h1-7,12,15-16,18,20H,8-11,13-14H2. The first kappa shape index (κ1) is 20.8. The highest BCUT2D eigenvalue weighted by molar-refractivity contribution is 7.07. The number of hydrogen-bond donors (Lipinski definition) is 0. The van der Waals surface area contributed by atoms with Crippen LogP contribution in [0.3, 0.4) is 0 Å². The van der Waals surface area contributed by atoms with Crippen molar-refractivity contribution in [1.82, 2.24) is 14.8 Å². The van der Waals surface area contributed by atoms with Gasteiger partial charge in [-0.25, -0.2) is 9.37 Å². The molecule has 5 nitrogen and oxygen atoms in total. The van der Waals surface area contributed by atoms with E-state index < -0.39 is 5.82 Å². The molecule has 7 heteroatoms. The smallest absolute Gasteiger partial charge is 0.273 e. The van der Waals surface area contributed by atoms with Crippen molar-refractivity contribution < 1.29 is 14.0 Å². The second-order valence-corrected chi connectivity index (χ2v) is 9.25. The molecule has 2 aliphatic heterocycles. The maximum Gasteiger partial charge on any atom is 0.273 e. The minimum absolute atomic E-state index is 0.00420. The predicted molar refractivity (Wildman–Crippen MR) is 122 cm³/mol. The number of carbonyl (C=O) groups is 2. The minimum Gasteiger partial charge on any atom is -0.339 e. The first-order chi connectivity index (χ1) is 15.6. The Hall–Kier alpha value is -3.06. The highest BCUT2D eigenvalue weighted by Crippen LogP contribution is 2.33. The second-order valence-electron chi connectivity index (χ2n) is 8.53. The summed E-state index contributed by atoms with van der Waals surface area (Å²) in [4.78, 5) is 33.0. The Morgan fingerprint density at radius 3 is 2.31 bits per heavy atom. The summed E-state index contributed by atoms with van der Waals surface area (Å²) in [6, 6.07) is 14.4. The fourth-order valence-electron chi connectivity index (χ4n) is 4.70. The zero-order chi connectivity index (χ0) is 22.1. The van der Waals surface area contributed by atoms with E-state index in [4.69, 9.17) is 0 Å². The summed E-state index contributed by atoms with van der Waals surface area (Å²) in [5.74, 6) is 0.244. The van der Waals surface area contributed by atoms with Crippen LogP contribution in [0.1, 0.15) is 33.7 Å². The number of nitrogens with zero attached hydrogens (tertiary/aromatic N) is 3. The number of halogens is 1. The summed E-state index contributed by atoms with van der Waals surface area (Å²) in [6.45, 7) is 2.76. The Labute approximate surface area is 190 Å². The molecule has 1 aromatic heterocycles. The number of carbonyl (C=O) groups excluding carboxylic acids is 2. The van der Waals surface area contributed by atoms with Crippen LogP contribution in [0.5, 0.6) is 0 Å². The van der Waals surface area contributed by atoms with Gasteiger partial charge < -0.3 is 9.80 Å². The molecular weight excluding hydrogens is 425 g/mol. The first-order valence-electron chi connectivity index (χ1n) is 10.9. The van der Waals surface area contributed by atoms with Gasteiger partial charge in [-0.05, 0) is 47.9 Å². The molecule has 2 fully saturated rings. The van der Waals surface area contributed by atoms with Gasteiger partial charge in [0.15, 0.2) is 0 Å². The third kappa shape index (κ3) is 4.05. The summed E-state index contributed by atoms with van der Waals surface area (Å²) >= 11 is 1.43. The molecule has 3 heterocycles. The molecule has 0 radical (unpaired) electrons. The van der Waals surface area contributed by atoms with Gasteiger partial charge in [0.2, 0.25) is 0 Å². The topological polar surface area (TPSA) is 53.5 Å². The van der Waals surface area contributed by atoms with Gasteiger partial charge >= 0.3 is 0 Å². The molecule has 0 atom stereocenters. The van der Waals surface area contributed by atoms with Crippen LogP contribution in [-0.4, -0.2) is 52.8 Å². The fourth-order valence-corrected chi connectivity index (χ4v) is 5.23. The molecule has 2 aliphatic rings. The number of aromatic nitrogens is 1. The molecule has 32 heavy (non-hydrogen) atoms. The second kappa shape index (κ2) is 8.82. The summed E-state index contributed by atoms with van der Waals surface area (Å²) in [7, 11) is 0. The van der Waals surface area contributed by atoms with E-state index >= 15 is 0 Å². The fraction of sp³-hybridized carbons (Fsp3) is 0.320. The molecule has 0 bridgehead atoms. The predicted octanol–water partition coefficient (Wildman–Crippen LogP) is 4.57. The van der Waals surface area contributed by atoms with E-state index in [1.54, 1.807) is 27.9 Å². The molecule has 0 spiro atoms. The SMILES string of the molecule is O=C(c1cscn1)N1CC(C2CCN(C(=O)c3ccc(-c4ccccc4)cc3F)CC2)C1. The van der Waals surface area contributed by atoms with E-state index in [0.717, 1.165) is 37.1 Å². The molecule has 0 N–H and O–H groups in total. The monoisotopic (exact) mass is 449 g/mol. The summed E-state index contributed by atoms with van der Waals surface area (Å²) in [5.41, 5.74) is 4.02. The van der Waals surface area contributed by atoms with Crippen LogP contribution < -0.4 is 0 Å². The lowest BCUT2D eigenvalue weighted by Crippen LogP contribution is -2.54. The van der Waals surface area contributed by atoms with Crippen molar-refractivity contribution >= 4 is 23.2 Å². The average Bonchev–Trinajstić information content (AvgIpc) is 3.34. The first-order valence-corrected chi connectivity index (χ1v) is 11.9. The van der Waals surface area contributed by atoms with Crippen molar-refractivity contribution in [3.63, 3.8) is 0 Å². The largest absolute Gasteiger partial charge is 0.339 e. The van der Waals surface area contributed by atoms with E-state index in [-0.39, 0.29) is 17.4 Å². The van der Waals surface area contributed by atoms with Crippen LogP contribution in [0.2, 0.25) is 0 Å². The highest BCUT2D eigenvalue weighted by Gasteiger charge is 2.38. The lowest BCUT2D eigenvalue weighted by atomic mass is 9.79. The number of piperidine rings is 1. The van der Waals surface area contributed by atoms with Gasteiger partial charge in [-0.2, -0.15) is 0 Å². The van der Waals surface area contributed by atoms with Gasteiger partial charge in [0, 0.05) is 31.6 Å². The Morgan fingerprint density at radius 1 is 0.906 bits per heavy atom. The van der Waals surface area contributed by atoms with E-state index in [2.05, 4.69) is 4.98 Å². The summed E-state index contributed by atoms with van der Waals surface area (Å²) < 4.78 is 14.8. The highest BCUT2D eigenvalue weighted by atomic mass is 32.1. The van der Waals surface area contributed by atoms with Gasteiger partial charge in [0.1, 0.15) is 11.5 Å². The number of hydrogen-bond acceptors (Lipinski definition) is 4. The van der Waals surface area contributed by atoms with Crippen LogP contribution in [0, 0.1) is 17.7 Å². The van der Waals surface area contributed by atoms with E-state index in [9.17, 15) is 14.0 Å². The van der Waals surface area contributed by atoms with Crippen LogP contribution in [-0.2, 0) is 0 Å². The van der Waals surface area contributed by atoms with E-state index in [1.807, 2.05) is 35.2 Å². The molecule has 2 amide bonds. The van der Waals surface area contributed by atoms with Crippen LogP contribution in [0.25, 0.3) is 11.1 Å². The van der Waals surface area contributed by atoms with E-state index in [1.165, 1.54) is 17.4 Å². The maximum atomic E-state index is 14.8. The van der Waals surface area contributed by atoms with Crippen LogP contribution >= 0.6 is 11.3 Å². The molecule has 164 valence electrons. The lowest BCUT2D eigenvalue weighted by molar-refractivity contribution is 0.0224. The Balaban J connectivity index is 1.15. The van der Waals surface area contributed by atoms with Gasteiger partial charge in [-0.1, -0.05) is 36.4 Å². The van der Waals surface area contributed by atoms with Crippen molar-refractivity contribution in [2.45, 2.75) is 12.8 Å². The number of rotatable bonds is 4. The van der Waals surface area contributed by atoms with E-state index in [0.29, 0.717) is 30.6 Å². The number of amides is 2. The number of likely N-dealkylation sites (tertiary alicyclic amines) is 2. The number of thiazole rings is 1. The maximum absolute atomic E-state index is 14.8. The quantitative estimate of drug-likeness (QED) is 0.586. The molecule has 5 rings (SSSR count). The lowest BCUT2D eigenvalue weighted by Gasteiger charge is -2.45.